The molecule has 1 atom stereocenters. The third-order valence-corrected chi connectivity index (χ3v) is 2.88. The van der Waals surface area contributed by atoms with E-state index in [-0.39, 0.29) is 18.2 Å². The Bertz CT molecular complexity index is 407. The predicted molar refractivity (Wildman–Crippen MR) is 62.4 cm³/mol. The molecule has 2 N–H and O–H groups in total. The second-order valence-electron chi connectivity index (χ2n) is 3.93. The number of aliphatic hydroxyl groups excluding tert-OH is 1. The lowest BCUT2D eigenvalue weighted by atomic mass is 10.1. The van der Waals surface area contributed by atoms with E-state index in [9.17, 15) is 9.90 Å². The molecule has 5 nitrogen and oxygen atoms in total. The molecule has 1 heterocycles. The van der Waals surface area contributed by atoms with Gasteiger partial charge in [-0.3, -0.25) is 0 Å². The Morgan fingerprint density at radius 1 is 1.47 bits per heavy atom. The minimum atomic E-state index is -0.955. The Labute approximate surface area is 99.2 Å². The van der Waals surface area contributed by atoms with Crippen molar-refractivity contribution in [2.24, 2.45) is 0 Å². The van der Waals surface area contributed by atoms with Crippen molar-refractivity contribution in [3.63, 3.8) is 0 Å². The maximum atomic E-state index is 11.1. The van der Waals surface area contributed by atoms with Crippen LogP contribution < -0.4 is 4.90 Å². The molecule has 5 heteroatoms. The third kappa shape index (κ3) is 2.40. The Hall–Kier alpha value is -1.59. The number of aliphatic hydroxyl groups is 1. The van der Waals surface area contributed by atoms with Crippen LogP contribution in [0.2, 0.25) is 0 Å². The molecule has 17 heavy (non-hydrogen) atoms. The van der Waals surface area contributed by atoms with Gasteiger partial charge in [-0.1, -0.05) is 12.1 Å². The highest BCUT2D eigenvalue weighted by atomic mass is 16.5. The summed E-state index contributed by atoms with van der Waals surface area (Å²) in [5.74, 6) is -0.955. The maximum absolute atomic E-state index is 11.1. The molecular formula is C12H15NO4. The Balaban J connectivity index is 2.34. The highest BCUT2D eigenvalue weighted by molar-refractivity contribution is 5.94. The Kier molecular flexibility index (Phi) is 3.61. The number of morpholine rings is 1. The summed E-state index contributed by atoms with van der Waals surface area (Å²) in [4.78, 5) is 13.0. The molecule has 92 valence electrons. The zero-order valence-corrected chi connectivity index (χ0v) is 9.37. The molecule has 0 amide bonds. The summed E-state index contributed by atoms with van der Waals surface area (Å²) in [6, 6.07) is 6.65. The second-order valence-corrected chi connectivity index (χ2v) is 3.93. The van der Waals surface area contributed by atoms with Gasteiger partial charge in [0.05, 0.1) is 37.1 Å². The van der Waals surface area contributed by atoms with Crippen molar-refractivity contribution in [3.05, 3.63) is 29.8 Å². The van der Waals surface area contributed by atoms with Crippen LogP contribution in [0.3, 0.4) is 0 Å². The largest absolute Gasteiger partial charge is 0.478 e. The van der Waals surface area contributed by atoms with Crippen molar-refractivity contribution in [3.8, 4) is 0 Å². The van der Waals surface area contributed by atoms with Crippen LogP contribution in [-0.4, -0.2) is 48.6 Å². The number of hydrogen-bond acceptors (Lipinski definition) is 4. The highest BCUT2D eigenvalue weighted by Gasteiger charge is 2.25. The van der Waals surface area contributed by atoms with Crippen LogP contribution >= 0.6 is 0 Å². The van der Waals surface area contributed by atoms with Crippen molar-refractivity contribution in [1.29, 1.82) is 0 Å². The van der Waals surface area contributed by atoms with Gasteiger partial charge in [-0.15, -0.1) is 0 Å². The molecule has 1 unspecified atom stereocenters. The van der Waals surface area contributed by atoms with E-state index in [1.165, 1.54) is 0 Å². The molecule has 1 aliphatic rings. The number of hydrogen-bond donors (Lipinski definition) is 2. The zero-order valence-electron chi connectivity index (χ0n) is 9.37. The lowest BCUT2D eigenvalue weighted by molar-refractivity contribution is 0.0677. The molecule has 1 aliphatic heterocycles. The minimum absolute atomic E-state index is 0.0477. The van der Waals surface area contributed by atoms with Gasteiger partial charge in [-0.25, -0.2) is 4.79 Å². The van der Waals surface area contributed by atoms with Crippen molar-refractivity contribution < 1.29 is 19.7 Å². The number of nitrogens with zero attached hydrogens (tertiary/aromatic N) is 1. The number of carboxylic acid groups (broad SMARTS) is 1. The van der Waals surface area contributed by atoms with E-state index in [1.807, 2.05) is 4.90 Å². The molecule has 2 rings (SSSR count). The third-order valence-electron chi connectivity index (χ3n) is 2.88. The van der Waals surface area contributed by atoms with E-state index in [0.717, 1.165) is 0 Å². The van der Waals surface area contributed by atoms with E-state index in [0.29, 0.717) is 25.4 Å². The van der Waals surface area contributed by atoms with Crippen LogP contribution in [0.1, 0.15) is 10.4 Å². The van der Waals surface area contributed by atoms with Gasteiger partial charge in [-0.05, 0) is 12.1 Å². The molecule has 1 aromatic rings. The van der Waals surface area contributed by atoms with E-state index < -0.39 is 5.97 Å². The fourth-order valence-corrected chi connectivity index (χ4v) is 2.03. The fourth-order valence-electron chi connectivity index (χ4n) is 2.03. The standard InChI is InChI=1S/C12H15NO4/c14-7-9-8-17-6-5-13(9)11-4-2-1-3-10(11)12(15)16/h1-4,9,14H,5-8H2,(H,15,16). The van der Waals surface area contributed by atoms with Gasteiger partial charge in [0.15, 0.2) is 0 Å². The van der Waals surface area contributed by atoms with E-state index in [4.69, 9.17) is 9.84 Å². The number of ether oxygens (including phenoxy) is 1. The molecular weight excluding hydrogens is 222 g/mol. The first-order valence-corrected chi connectivity index (χ1v) is 5.51. The van der Waals surface area contributed by atoms with Gasteiger partial charge in [0.2, 0.25) is 0 Å². The van der Waals surface area contributed by atoms with Crippen LogP contribution in [0.15, 0.2) is 24.3 Å². The molecule has 1 saturated heterocycles. The lowest BCUT2D eigenvalue weighted by Crippen LogP contribution is -2.48. The number of carbonyl (C=O) groups is 1. The Morgan fingerprint density at radius 3 is 2.94 bits per heavy atom. The minimum Gasteiger partial charge on any atom is -0.478 e. The first-order chi connectivity index (χ1) is 8.24. The van der Waals surface area contributed by atoms with Gasteiger partial charge in [-0.2, -0.15) is 0 Å². The van der Waals surface area contributed by atoms with Crippen molar-refractivity contribution in [1.82, 2.24) is 0 Å². The van der Waals surface area contributed by atoms with Crippen LogP contribution in [-0.2, 0) is 4.74 Å². The molecule has 0 aromatic heterocycles. The van der Waals surface area contributed by atoms with Gasteiger partial charge in [0.1, 0.15) is 0 Å². The zero-order chi connectivity index (χ0) is 12.3. The maximum Gasteiger partial charge on any atom is 0.337 e. The highest BCUT2D eigenvalue weighted by Crippen LogP contribution is 2.24. The summed E-state index contributed by atoms with van der Waals surface area (Å²) in [6.07, 6.45) is 0. The van der Waals surface area contributed by atoms with Gasteiger partial charge in [0.25, 0.3) is 0 Å². The van der Waals surface area contributed by atoms with Crippen LogP contribution in [0.25, 0.3) is 0 Å². The molecule has 0 radical (unpaired) electrons. The van der Waals surface area contributed by atoms with Crippen molar-refractivity contribution in [2.75, 3.05) is 31.3 Å². The first-order valence-electron chi connectivity index (χ1n) is 5.51. The lowest BCUT2D eigenvalue weighted by Gasteiger charge is -2.36. The second kappa shape index (κ2) is 5.16. The van der Waals surface area contributed by atoms with Crippen LogP contribution in [0, 0.1) is 0 Å². The monoisotopic (exact) mass is 237 g/mol. The van der Waals surface area contributed by atoms with E-state index in [1.54, 1.807) is 24.3 Å². The number of benzene rings is 1. The number of carboxylic acids is 1. The summed E-state index contributed by atoms with van der Waals surface area (Å²) in [6.45, 7) is 1.51. The van der Waals surface area contributed by atoms with Crippen LogP contribution in [0.4, 0.5) is 5.69 Å². The number of rotatable bonds is 3. The van der Waals surface area contributed by atoms with Crippen LogP contribution in [0.5, 0.6) is 0 Å². The Morgan fingerprint density at radius 2 is 2.24 bits per heavy atom. The fraction of sp³-hybridized carbons (Fsp3) is 0.417. The molecule has 1 fully saturated rings. The summed E-state index contributed by atoms with van der Waals surface area (Å²) < 4.78 is 5.28. The average molecular weight is 237 g/mol. The number of anilines is 1. The summed E-state index contributed by atoms with van der Waals surface area (Å²) in [5.41, 5.74) is 0.898. The normalized spacial score (nSPS) is 20.3. The van der Waals surface area contributed by atoms with Crippen molar-refractivity contribution in [2.45, 2.75) is 6.04 Å². The van der Waals surface area contributed by atoms with Gasteiger partial charge >= 0.3 is 5.97 Å². The van der Waals surface area contributed by atoms with Gasteiger partial charge < -0.3 is 19.8 Å². The summed E-state index contributed by atoms with van der Waals surface area (Å²) in [7, 11) is 0. The molecule has 1 aromatic carbocycles. The quantitative estimate of drug-likeness (QED) is 0.804. The van der Waals surface area contributed by atoms with Gasteiger partial charge in [0, 0.05) is 6.54 Å². The molecule has 0 aliphatic carbocycles. The molecule has 0 bridgehead atoms. The topological polar surface area (TPSA) is 70.0 Å². The van der Waals surface area contributed by atoms with E-state index >= 15 is 0 Å². The average Bonchev–Trinajstić information content (AvgIpc) is 2.38. The predicted octanol–water partition coefficient (Wildman–Crippen LogP) is 0.582. The molecule has 0 saturated carbocycles. The first kappa shape index (κ1) is 11.9. The number of para-hydroxylation sites is 1. The number of aromatic carboxylic acids is 1. The smallest absolute Gasteiger partial charge is 0.337 e. The molecule has 0 spiro atoms. The summed E-state index contributed by atoms with van der Waals surface area (Å²) >= 11 is 0. The SMILES string of the molecule is O=C(O)c1ccccc1N1CCOCC1CO. The van der Waals surface area contributed by atoms with E-state index in [2.05, 4.69) is 0 Å². The van der Waals surface area contributed by atoms with Crippen molar-refractivity contribution >= 4 is 11.7 Å². The summed E-state index contributed by atoms with van der Waals surface area (Å²) in [5, 5.41) is 18.4.